The van der Waals surface area contributed by atoms with Gasteiger partial charge in [0.05, 0.1) is 12.8 Å². The molecular weight excluding hydrogens is 331 g/mol. The van der Waals surface area contributed by atoms with Gasteiger partial charge in [-0.2, -0.15) is 26.3 Å². The minimum absolute atomic E-state index is 0.0489. The molecule has 6 nitrogen and oxygen atoms in total. The van der Waals surface area contributed by atoms with Gasteiger partial charge in [-0.3, -0.25) is 4.72 Å². The van der Waals surface area contributed by atoms with E-state index in [9.17, 15) is 21.6 Å². The van der Waals surface area contributed by atoms with Gasteiger partial charge in [0.2, 0.25) is 0 Å². The maximum atomic E-state index is 12.0. The van der Waals surface area contributed by atoms with Crippen LogP contribution in [0.15, 0.2) is 18.2 Å². The monoisotopic (exact) mass is 343 g/mol. The molecule has 0 aromatic heterocycles. The Balaban J connectivity index is 2.94. The second-order valence-electron chi connectivity index (χ2n) is 3.82. The molecule has 0 amide bonds. The molecule has 118 valence electrons. The second-order valence-corrected chi connectivity index (χ2v) is 5.76. The molecule has 0 spiro atoms. The third kappa shape index (κ3) is 5.73. The molecule has 11 heteroatoms. The lowest BCUT2D eigenvalue weighted by molar-refractivity contribution is -0.121. The van der Waals surface area contributed by atoms with E-state index in [1.165, 1.54) is 30.0 Å². The number of ether oxygens (including phenoxy) is 1. The lowest BCUT2D eigenvalue weighted by Gasteiger charge is -2.14. The fraction of sp³-hybridized carbons (Fsp3) is 0.300. The summed E-state index contributed by atoms with van der Waals surface area (Å²) in [6, 6.07) is 4.05. The standard InChI is InChI=1S/C10H12F3N3O3S2/c1-19-8-4-6(9(14)20)2-3-7(8)16-21(17,18)15-5-10(11,12)13/h2-4,15-16H,5H2,1H3,(H2,14,20). The highest BCUT2D eigenvalue weighted by atomic mass is 32.2. The Morgan fingerprint density at radius 2 is 2.05 bits per heavy atom. The minimum Gasteiger partial charge on any atom is -0.495 e. The second kappa shape index (κ2) is 6.45. The Bertz CT molecular complexity index is 632. The van der Waals surface area contributed by atoms with Crippen LogP contribution in [0.25, 0.3) is 0 Å². The molecule has 21 heavy (non-hydrogen) atoms. The van der Waals surface area contributed by atoms with E-state index in [0.717, 1.165) is 0 Å². The van der Waals surface area contributed by atoms with Crippen LogP contribution >= 0.6 is 12.2 Å². The van der Waals surface area contributed by atoms with E-state index in [4.69, 9.17) is 22.7 Å². The van der Waals surface area contributed by atoms with Crippen molar-refractivity contribution in [3.8, 4) is 5.75 Å². The first kappa shape index (κ1) is 17.5. The molecule has 0 atom stereocenters. The number of alkyl halides is 3. The summed E-state index contributed by atoms with van der Waals surface area (Å²) in [6.45, 7) is -1.68. The molecule has 1 aromatic carbocycles. The third-order valence-electron chi connectivity index (χ3n) is 2.19. The zero-order valence-corrected chi connectivity index (χ0v) is 12.3. The van der Waals surface area contributed by atoms with Crippen LogP contribution in [0.2, 0.25) is 0 Å². The number of benzene rings is 1. The van der Waals surface area contributed by atoms with E-state index in [-0.39, 0.29) is 16.4 Å². The summed E-state index contributed by atoms with van der Waals surface area (Å²) in [5.74, 6) is 0.0673. The SMILES string of the molecule is COc1cc(C(N)=S)ccc1NS(=O)(=O)NCC(F)(F)F. The summed E-state index contributed by atoms with van der Waals surface area (Å²) >= 11 is 4.75. The summed E-state index contributed by atoms with van der Waals surface area (Å²) in [5, 5.41) is 0. The van der Waals surface area contributed by atoms with E-state index in [1.807, 2.05) is 4.72 Å². The van der Waals surface area contributed by atoms with Gasteiger partial charge in [0.15, 0.2) is 0 Å². The van der Waals surface area contributed by atoms with Crippen molar-refractivity contribution in [1.29, 1.82) is 0 Å². The number of thiocarbonyl (C=S) groups is 1. The Kier molecular flexibility index (Phi) is 5.36. The van der Waals surface area contributed by atoms with Crippen molar-refractivity contribution in [2.24, 2.45) is 5.73 Å². The van der Waals surface area contributed by atoms with E-state index in [1.54, 1.807) is 0 Å². The van der Waals surface area contributed by atoms with Crippen LogP contribution in [-0.4, -0.2) is 33.2 Å². The summed E-state index contributed by atoms with van der Waals surface area (Å²) in [4.78, 5) is 0.0675. The summed E-state index contributed by atoms with van der Waals surface area (Å²) in [6.07, 6.45) is -4.66. The average molecular weight is 343 g/mol. The number of rotatable bonds is 6. The first-order chi connectivity index (χ1) is 9.54. The van der Waals surface area contributed by atoms with Crippen LogP contribution in [-0.2, 0) is 10.2 Å². The van der Waals surface area contributed by atoms with Crippen molar-refractivity contribution >= 4 is 33.1 Å². The number of anilines is 1. The number of halogens is 3. The van der Waals surface area contributed by atoms with Gasteiger partial charge in [-0.1, -0.05) is 12.2 Å². The molecule has 0 bridgehead atoms. The quantitative estimate of drug-likeness (QED) is 0.674. The lowest BCUT2D eigenvalue weighted by Crippen LogP contribution is -2.37. The molecule has 0 saturated heterocycles. The predicted molar refractivity (Wildman–Crippen MR) is 75.5 cm³/mol. The van der Waals surface area contributed by atoms with Crippen molar-refractivity contribution in [1.82, 2.24) is 4.72 Å². The zero-order chi connectivity index (χ0) is 16.3. The van der Waals surface area contributed by atoms with E-state index >= 15 is 0 Å². The summed E-state index contributed by atoms with van der Waals surface area (Å²) < 4.78 is 67.3. The third-order valence-corrected chi connectivity index (χ3v) is 3.44. The Morgan fingerprint density at radius 1 is 1.43 bits per heavy atom. The normalized spacial score (nSPS) is 12.0. The average Bonchev–Trinajstić information content (AvgIpc) is 2.35. The molecule has 4 N–H and O–H groups in total. The number of methoxy groups -OCH3 is 1. The topological polar surface area (TPSA) is 93.4 Å². The molecule has 0 fully saturated rings. The molecule has 0 aliphatic rings. The highest BCUT2D eigenvalue weighted by Gasteiger charge is 2.29. The number of nitrogens with two attached hydrogens (primary N) is 1. The van der Waals surface area contributed by atoms with Crippen LogP contribution in [0.3, 0.4) is 0 Å². The lowest BCUT2D eigenvalue weighted by atomic mass is 10.2. The van der Waals surface area contributed by atoms with E-state index in [0.29, 0.717) is 5.56 Å². The Hall–Kier alpha value is -1.59. The molecule has 1 aromatic rings. The zero-order valence-electron chi connectivity index (χ0n) is 10.7. The largest absolute Gasteiger partial charge is 0.495 e. The number of hydrogen-bond donors (Lipinski definition) is 3. The highest BCUT2D eigenvalue weighted by molar-refractivity contribution is 7.90. The van der Waals surface area contributed by atoms with Gasteiger partial charge in [-0.15, -0.1) is 0 Å². The van der Waals surface area contributed by atoms with Crippen LogP contribution in [0.4, 0.5) is 18.9 Å². The fourth-order valence-corrected chi connectivity index (χ4v) is 2.30. The molecule has 0 saturated carbocycles. The maximum absolute atomic E-state index is 12.0. The van der Waals surface area contributed by atoms with E-state index < -0.39 is 22.9 Å². The van der Waals surface area contributed by atoms with Crippen molar-refractivity contribution in [3.63, 3.8) is 0 Å². The highest BCUT2D eigenvalue weighted by Crippen LogP contribution is 2.26. The van der Waals surface area contributed by atoms with Gasteiger partial charge >= 0.3 is 6.18 Å². The number of nitrogens with one attached hydrogen (secondary N) is 2. The van der Waals surface area contributed by atoms with E-state index in [2.05, 4.69) is 0 Å². The minimum atomic E-state index is -4.66. The van der Waals surface area contributed by atoms with Gasteiger partial charge in [-0.25, -0.2) is 0 Å². The summed E-state index contributed by atoms with van der Waals surface area (Å²) in [7, 11) is -3.13. The van der Waals surface area contributed by atoms with Crippen molar-refractivity contribution in [3.05, 3.63) is 23.8 Å². The van der Waals surface area contributed by atoms with Gasteiger partial charge in [0.25, 0.3) is 10.2 Å². The smallest absolute Gasteiger partial charge is 0.402 e. The first-order valence-electron chi connectivity index (χ1n) is 5.36. The molecule has 0 heterocycles. The van der Waals surface area contributed by atoms with Crippen molar-refractivity contribution < 1.29 is 26.3 Å². The molecule has 0 unspecified atom stereocenters. The van der Waals surface area contributed by atoms with Crippen LogP contribution in [0.5, 0.6) is 5.75 Å². The van der Waals surface area contributed by atoms with Crippen LogP contribution in [0, 0.1) is 0 Å². The van der Waals surface area contributed by atoms with Crippen LogP contribution < -0.4 is 19.9 Å². The van der Waals surface area contributed by atoms with Gasteiger partial charge in [0, 0.05) is 5.56 Å². The number of hydrogen-bond acceptors (Lipinski definition) is 4. The van der Waals surface area contributed by atoms with Crippen molar-refractivity contribution in [2.75, 3.05) is 18.4 Å². The van der Waals surface area contributed by atoms with Crippen LogP contribution in [0.1, 0.15) is 5.56 Å². The molecule has 0 aliphatic carbocycles. The van der Waals surface area contributed by atoms with Gasteiger partial charge in [0.1, 0.15) is 17.3 Å². The van der Waals surface area contributed by atoms with Gasteiger partial charge in [-0.05, 0) is 18.2 Å². The maximum Gasteiger partial charge on any atom is 0.402 e. The Labute approximate surface area is 124 Å². The molecule has 1 rings (SSSR count). The summed E-state index contributed by atoms with van der Waals surface area (Å²) in [5.41, 5.74) is 5.79. The predicted octanol–water partition coefficient (Wildman–Crippen LogP) is 1.14. The molecule has 0 aliphatic heterocycles. The fourth-order valence-electron chi connectivity index (χ4n) is 1.29. The first-order valence-corrected chi connectivity index (χ1v) is 7.25. The Morgan fingerprint density at radius 3 is 2.52 bits per heavy atom. The van der Waals surface area contributed by atoms with Gasteiger partial charge < -0.3 is 10.5 Å². The molecular formula is C10H12F3N3O3S2. The van der Waals surface area contributed by atoms with Crippen molar-refractivity contribution in [2.45, 2.75) is 6.18 Å². The molecule has 0 radical (unpaired) electrons.